The molecule has 34 heavy (non-hydrogen) atoms. The Kier molecular flexibility index (Phi) is 8.96. The van der Waals surface area contributed by atoms with Crippen LogP contribution >= 0.6 is 0 Å². The summed E-state index contributed by atoms with van der Waals surface area (Å²) >= 11 is 0. The van der Waals surface area contributed by atoms with Crippen LogP contribution in [-0.2, 0) is 9.53 Å². The normalized spacial score (nSPS) is 13.4. The number of amides is 1. The van der Waals surface area contributed by atoms with Crippen LogP contribution in [0.5, 0.6) is 17.2 Å². The molecule has 1 saturated heterocycles. The first-order valence-corrected chi connectivity index (χ1v) is 11.0. The maximum absolute atomic E-state index is 11.8. The fourth-order valence-electron chi connectivity index (χ4n) is 3.75. The number of ether oxygens (including phenoxy) is 4. The molecule has 0 spiro atoms. The van der Waals surface area contributed by atoms with E-state index in [1.54, 1.807) is 24.1 Å². The van der Waals surface area contributed by atoms with Crippen LogP contribution in [0.3, 0.4) is 0 Å². The zero-order valence-corrected chi connectivity index (χ0v) is 19.3. The number of methoxy groups -OCH3 is 1. The smallest absolute Gasteiger partial charge is 0.245 e. The van der Waals surface area contributed by atoms with Crippen molar-refractivity contribution in [3.05, 3.63) is 54.6 Å². The Labute approximate surface area is 200 Å². The van der Waals surface area contributed by atoms with Gasteiger partial charge in [-0.1, -0.05) is 12.5 Å². The molecule has 2 aromatic rings. The van der Waals surface area contributed by atoms with Crippen molar-refractivity contribution in [3.8, 4) is 46.8 Å². The van der Waals surface area contributed by atoms with Gasteiger partial charge in [-0.25, -0.2) is 0 Å². The van der Waals surface area contributed by atoms with Gasteiger partial charge in [-0.05, 0) is 48.0 Å². The highest BCUT2D eigenvalue weighted by molar-refractivity contribution is 5.87. The molecule has 0 radical (unpaired) electrons. The van der Waals surface area contributed by atoms with Crippen LogP contribution < -0.4 is 14.2 Å². The lowest BCUT2D eigenvalue weighted by atomic mass is 10.0. The van der Waals surface area contributed by atoms with Crippen molar-refractivity contribution in [1.82, 2.24) is 4.90 Å². The summed E-state index contributed by atoms with van der Waals surface area (Å²) in [6, 6.07) is 13.1. The van der Waals surface area contributed by atoms with Crippen molar-refractivity contribution in [2.45, 2.75) is 18.9 Å². The molecule has 1 aliphatic rings. The van der Waals surface area contributed by atoms with Crippen LogP contribution in [0, 0.1) is 23.7 Å². The topological polar surface area (TPSA) is 81.0 Å². The molecule has 7 heteroatoms. The Balaban J connectivity index is 1.78. The molecule has 0 saturated carbocycles. The lowest BCUT2D eigenvalue weighted by molar-refractivity contribution is -0.127. The summed E-state index contributed by atoms with van der Waals surface area (Å²) in [5.74, 6) is 4.23. The summed E-state index contributed by atoms with van der Waals surface area (Å²) in [5, 5.41) is 9.59. The highest BCUT2D eigenvalue weighted by Gasteiger charge is 2.23. The van der Waals surface area contributed by atoms with E-state index in [0.29, 0.717) is 62.0 Å². The predicted molar refractivity (Wildman–Crippen MR) is 129 cm³/mol. The van der Waals surface area contributed by atoms with E-state index in [0.717, 1.165) is 11.1 Å². The van der Waals surface area contributed by atoms with Crippen LogP contribution in [0.15, 0.2) is 49.1 Å². The Hall–Kier alpha value is -3.94. The number of nitriles is 1. The van der Waals surface area contributed by atoms with E-state index in [9.17, 15) is 10.1 Å². The molecule has 1 heterocycles. The van der Waals surface area contributed by atoms with Gasteiger partial charge in [0, 0.05) is 31.5 Å². The van der Waals surface area contributed by atoms with Crippen molar-refractivity contribution in [3.63, 3.8) is 0 Å². The van der Waals surface area contributed by atoms with Gasteiger partial charge in [0.2, 0.25) is 5.91 Å². The molecule has 2 aromatic carbocycles. The molecule has 176 valence electrons. The zero-order valence-electron chi connectivity index (χ0n) is 19.3. The maximum Gasteiger partial charge on any atom is 0.245 e. The van der Waals surface area contributed by atoms with E-state index >= 15 is 0 Å². The van der Waals surface area contributed by atoms with Gasteiger partial charge in [-0.2, -0.15) is 5.26 Å². The third-order valence-electron chi connectivity index (χ3n) is 5.43. The first-order valence-electron chi connectivity index (χ1n) is 11.0. The summed E-state index contributed by atoms with van der Waals surface area (Å²) < 4.78 is 22.8. The molecule has 0 atom stereocenters. The van der Waals surface area contributed by atoms with Gasteiger partial charge >= 0.3 is 0 Å². The first kappa shape index (κ1) is 24.7. The van der Waals surface area contributed by atoms with E-state index in [1.807, 2.05) is 24.3 Å². The minimum Gasteiger partial charge on any atom is -0.496 e. The molecule has 1 fully saturated rings. The van der Waals surface area contributed by atoms with Crippen molar-refractivity contribution in [2.75, 3.05) is 40.0 Å². The molecule has 0 aromatic heterocycles. The summed E-state index contributed by atoms with van der Waals surface area (Å²) in [6.45, 7) is 5.74. The second-order valence-electron chi connectivity index (χ2n) is 7.67. The highest BCUT2D eigenvalue weighted by atomic mass is 16.5. The highest BCUT2D eigenvalue weighted by Crippen LogP contribution is 2.36. The number of benzene rings is 2. The largest absolute Gasteiger partial charge is 0.496 e. The summed E-state index contributed by atoms with van der Waals surface area (Å²) in [5.41, 5.74) is 2.03. The van der Waals surface area contributed by atoms with E-state index in [4.69, 9.17) is 25.4 Å². The Morgan fingerprint density at radius 3 is 2.68 bits per heavy atom. The predicted octanol–water partition coefficient (Wildman–Crippen LogP) is 3.82. The van der Waals surface area contributed by atoms with Gasteiger partial charge in [-0.15, -0.1) is 6.42 Å². The average Bonchev–Trinajstić information content (AvgIpc) is 2.88. The molecule has 3 rings (SSSR count). The van der Waals surface area contributed by atoms with Gasteiger partial charge in [-0.3, -0.25) is 4.79 Å². The molecular weight excluding hydrogens is 432 g/mol. The number of terminal acetylenes is 1. The van der Waals surface area contributed by atoms with E-state index in [-0.39, 0.29) is 18.6 Å². The average molecular weight is 461 g/mol. The number of piperidine rings is 1. The van der Waals surface area contributed by atoms with Crippen molar-refractivity contribution in [2.24, 2.45) is 0 Å². The fraction of sp³-hybridized carbons (Fsp3) is 0.333. The third-order valence-corrected chi connectivity index (χ3v) is 5.43. The number of hydrogen-bond donors (Lipinski definition) is 0. The number of likely N-dealkylation sites (tertiary alicyclic amines) is 1. The molecular formula is C27H28N2O5. The standard InChI is InChI=1S/C27H28N2O5/c1-4-12-32-13-14-33-23-6-7-26(31-3)25(18-23)21-15-20(19-28)16-24(17-21)34-22-8-10-29(11-9-22)27(30)5-2/h1,5-7,15-18,22H,2,8-14H2,3H3. The fourth-order valence-corrected chi connectivity index (χ4v) is 3.75. The quantitative estimate of drug-likeness (QED) is 0.305. The minimum atomic E-state index is -0.0657. The monoisotopic (exact) mass is 460 g/mol. The van der Waals surface area contributed by atoms with Crippen LogP contribution in [-0.4, -0.2) is 56.9 Å². The van der Waals surface area contributed by atoms with Gasteiger partial charge in [0.1, 0.15) is 36.6 Å². The second-order valence-corrected chi connectivity index (χ2v) is 7.67. The van der Waals surface area contributed by atoms with Gasteiger partial charge in [0.25, 0.3) is 0 Å². The molecule has 0 aliphatic carbocycles. The number of rotatable bonds is 10. The molecule has 0 bridgehead atoms. The summed E-state index contributed by atoms with van der Waals surface area (Å²) in [4.78, 5) is 13.6. The van der Waals surface area contributed by atoms with Crippen LogP contribution in [0.25, 0.3) is 11.1 Å². The molecule has 1 aliphatic heterocycles. The van der Waals surface area contributed by atoms with Gasteiger partial charge in [0.05, 0.1) is 25.3 Å². The third kappa shape index (κ3) is 6.54. The Bertz CT molecular complexity index is 1090. The molecule has 0 N–H and O–H groups in total. The van der Waals surface area contributed by atoms with Crippen molar-refractivity contribution in [1.29, 1.82) is 5.26 Å². The first-order chi connectivity index (χ1) is 16.6. The lowest BCUT2D eigenvalue weighted by Gasteiger charge is -2.31. The van der Waals surface area contributed by atoms with Crippen LogP contribution in [0.4, 0.5) is 0 Å². The number of carbonyl (C=O) groups excluding carboxylic acids is 1. The van der Waals surface area contributed by atoms with E-state index in [2.05, 4.69) is 18.6 Å². The summed E-state index contributed by atoms with van der Waals surface area (Å²) in [7, 11) is 1.59. The molecule has 1 amide bonds. The van der Waals surface area contributed by atoms with Crippen LogP contribution in [0.2, 0.25) is 0 Å². The maximum atomic E-state index is 11.8. The van der Waals surface area contributed by atoms with Crippen molar-refractivity contribution >= 4 is 5.91 Å². The Morgan fingerprint density at radius 1 is 1.21 bits per heavy atom. The SMILES string of the molecule is C#CCOCCOc1ccc(OC)c(-c2cc(C#N)cc(OC3CCN(C(=O)C=C)CC3)c2)c1. The van der Waals surface area contributed by atoms with Gasteiger partial charge < -0.3 is 23.8 Å². The lowest BCUT2D eigenvalue weighted by Crippen LogP contribution is -2.41. The molecule has 7 nitrogen and oxygen atoms in total. The van der Waals surface area contributed by atoms with Gasteiger partial charge in [0.15, 0.2) is 0 Å². The second kappa shape index (κ2) is 12.3. The molecule has 0 unspecified atom stereocenters. The Morgan fingerprint density at radius 2 is 2.00 bits per heavy atom. The number of hydrogen-bond acceptors (Lipinski definition) is 6. The number of carbonyl (C=O) groups is 1. The van der Waals surface area contributed by atoms with E-state index in [1.165, 1.54) is 6.08 Å². The minimum absolute atomic E-state index is 0.0461. The van der Waals surface area contributed by atoms with Crippen molar-refractivity contribution < 1.29 is 23.7 Å². The van der Waals surface area contributed by atoms with E-state index < -0.39 is 0 Å². The number of nitrogens with zero attached hydrogens (tertiary/aromatic N) is 2. The van der Waals surface area contributed by atoms with Crippen LogP contribution in [0.1, 0.15) is 18.4 Å². The summed E-state index contributed by atoms with van der Waals surface area (Å²) in [6.07, 6.45) is 7.88. The zero-order chi connectivity index (χ0) is 24.3.